The van der Waals surface area contributed by atoms with Crippen LogP contribution in [0.3, 0.4) is 0 Å². The summed E-state index contributed by atoms with van der Waals surface area (Å²) in [4.78, 5) is 33.4. The zero-order chi connectivity index (χ0) is 63.4. The van der Waals surface area contributed by atoms with E-state index >= 15 is 0 Å². The fourth-order valence-corrected chi connectivity index (χ4v) is 13.1. The van der Waals surface area contributed by atoms with Gasteiger partial charge in [0.1, 0.15) is 121 Å². The third kappa shape index (κ3) is 14.5. The van der Waals surface area contributed by atoms with Crippen LogP contribution in [-0.4, -0.2) is 147 Å². The first-order chi connectivity index (χ1) is 41.7. The minimum Gasteiger partial charge on any atom is -0.461 e. The number of ether oxygens (including phenoxy) is 4. The highest BCUT2D eigenvalue weighted by Crippen LogP contribution is 2.51. The summed E-state index contributed by atoms with van der Waals surface area (Å²) in [7, 11) is -9.08. The number of benzene rings is 2. The lowest BCUT2D eigenvalue weighted by molar-refractivity contribution is -0.157. The van der Waals surface area contributed by atoms with Gasteiger partial charge in [0.2, 0.25) is 23.0 Å². The highest BCUT2D eigenvalue weighted by atomic mass is 31.2. The molecule has 6 heterocycles. The maximum absolute atomic E-state index is 14.0. The summed E-state index contributed by atoms with van der Waals surface area (Å²) in [6.07, 6.45) is -10.5. The highest BCUT2D eigenvalue weighted by molar-refractivity contribution is 7.52. The molecule has 6 aromatic rings. The minimum absolute atomic E-state index is 0.0286. The molecule has 0 spiro atoms. The first-order valence-electron chi connectivity index (χ1n) is 27.5. The van der Waals surface area contributed by atoms with Gasteiger partial charge in [-0.1, -0.05) is 36.4 Å². The predicted molar refractivity (Wildman–Crippen MR) is 296 cm³/mol. The number of aromatic nitrogens is 6. The van der Waals surface area contributed by atoms with E-state index in [1.54, 1.807) is 60.7 Å². The molecule has 2 aliphatic carbocycles. The number of para-hydroxylation sites is 2. The Morgan fingerprint density at radius 3 is 1.33 bits per heavy atom. The fraction of sp³-hybridized carbons (Fsp3) is 0.481. The lowest BCUT2D eigenvalue weighted by atomic mass is 9.94. The highest BCUT2D eigenvalue weighted by Gasteiger charge is 2.59. The quantitative estimate of drug-likeness (QED) is 0.0271. The first-order valence-corrected chi connectivity index (χ1v) is 30.6. The molecule has 472 valence electrons. The molecule has 4 aromatic heterocycles. The molecule has 0 radical (unpaired) electrons. The number of fused-ring (bicyclic) bond motifs is 2. The third-order valence-electron chi connectivity index (χ3n) is 15.0. The van der Waals surface area contributed by atoms with E-state index in [4.69, 9.17) is 48.5 Å². The number of aliphatic hydroxyl groups excluding tert-OH is 4. The standard InChI is InChI=1S/2C27H31F2N6O8P/c2*1-16(25(38)41-17-9-11-27(28,29)12-10-17)34-44(39,43-18-5-3-2-4-6-18)40-14-26(13-30)23(37)21(36)22(42-26)19-7-8-20-24(31)32-15-33-35(19)20/h2*2-8,15-17,21-23,36-37H,9-12,14H2,1H3,(H,34,39)(H2,31,32,33)/t16-,21-,22-,23-,26+,44+;16-,21-,22-,23-,26+,44-/m00/s1. The lowest BCUT2D eigenvalue weighted by Gasteiger charge is -2.30. The van der Waals surface area contributed by atoms with E-state index < -0.39 is 150 Å². The van der Waals surface area contributed by atoms with Crippen LogP contribution in [0.1, 0.15) is 88.8 Å². The van der Waals surface area contributed by atoms with Crippen LogP contribution in [0.4, 0.5) is 29.2 Å². The molecule has 2 saturated heterocycles. The van der Waals surface area contributed by atoms with Gasteiger partial charge in [-0.15, -0.1) is 0 Å². The number of aliphatic hydroxyl groups is 4. The minimum atomic E-state index is -4.54. The molecule has 4 aliphatic rings. The van der Waals surface area contributed by atoms with Crippen molar-refractivity contribution in [2.75, 3.05) is 24.7 Å². The summed E-state index contributed by atoms with van der Waals surface area (Å²) in [6, 6.07) is 22.8. The Morgan fingerprint density at radius 2 is 0.989 bits per heavy atom. The number of nitrogens with zero attached hydrogens (tertiary/aromatic N) is 8. The van der Waals surface area contributed by atoms with Crippen molar-refractivity contribution < 1.29 is 93.7 Å². The second-order valence-corrected chi connectivity index (χ2v) is 24.8. The zero-order valence-corrected chi connectivity index (χ0v) is 48.7. The Kier molecular flexibility index (Phi) is 19.5. The summed E-state index contributed by atoms with van der Waals surface area (Å²) < 4.78 is 130. The number of esters is 2. The van der Waals surface area contributed by atoms with Crippen molar-refractivity contribution in [3.8, 4) is 23.6 Å². The Morgan fingerprint density at radius 1 is 0.636 bits per heavy atom. The second-order valence-electron chi connectivity index (χ2n) is 21.4. The van der Waals surface area contributed by atoms with Crippen molar-refractivity contribution in [3.05, 3.63) is 109 Å². The second kappa shape index (κ2) is 26.3. The molecule has 34 heteroatoms. The van der Waals surface area contributed by atoms with Crippen LogP contribution in [0, 0.1) is 22.7 Å². The van der Waals surface area contributed by atoms with Crippen LogP contribution in [0.15, 0.2) is 97.6 Å². The number of nitrogen functional groups attached to an aromatic ring is 2. The predicted octanol–water partition coefficient (Wildman–Crippen LogP) is 5.34. The van der Waals surface area contributed by atoms with E-state index in [0.717, 1.165) is 0 Å². The topological polar surface area (TPSA) is 407 Å². The molecule has 4 fully saturated rings. The molecular weight excluding hydrogens is 1210 g/mol. The number of halogens is 4. The average molecular weight is 1270 g/mol. The fourth-order valence-electron chi connectivity index (χ4n) is 10.1. The Labute approximate surface area is 498 Å². The van der Waals surface area contributed by atoms with E-state index in [0.29, 0.717) is 11.0 Å². The van der Waals surface area contributed by atoms with Gasteiger partial charge in [0, 0.05) is 25.7 Å². The van der Waals surface area contributed by atoms with E-state index in [9.17, 15) is 67.2 Å². The van der Waals surface area contributed by atoms with Crippen LogP contribution >= 0.6 is 15.5 Å². The van der Waals surface area contributed by atoms with E-state index in [1.165, 1.54) is 71.9 Å². The lowest BCUT2D eigenvalue weighted by Crippen LogP contribution is -2.46. The molecule has 12 atom stereocenters. The molecule has 10 N–H and O–H groups in total. The van der Waals surface area contributed by atoms with Crippen LogP contribution in [0.25, 0.3) is 11.0 Å². The summed E-state index contributed by atoms with van der Waals surface area (Å²) in [5.41, 5.74) is 8.55. The molecule has 0 bridgehead atoms. The monoisotopic (exact) mass is 1270 g/mol. The smallest absolute Gasteiger partial charge is 0.459 e. The van der Waals surface area contributed by atoms with Crippen LogP contribution in [-0.2, 0) is 46.7 Å². The van der Waals surface area contributed by atoms with Gasteiger partial charge in [0.05, 0.1) is 11.4 Å². The number of anilines is 2. The van der Waals surface area contributed by atoms with E-state index in [-0.39, 0.29) is 60.2 Å². The van der Waals surface area contributed by atoms with Crippen LogP contribution < -0.4 is 30.7 Å². The SMILES string of the molecule is C[C@H](N[P@@](=O)(OC[C@@]1(C#N)O[C@@H](c2ccc3c(N)ncnn23)[C@H](O)[C@@H]1O)Oc1ccccc1)C(=O)OC1CCC(F)(F)CC1.C[C@H](N[P@](=O)(OC[C@@]1(C#N)O[C@@H](c2ccc3c(N)ncnn23)[C@H](O)[C@@H]1O)Oc1ccccc1)C(=O)OC1CCC(F)(F)CC1. The van der Waals surface area contributed by atoms with Gasteiger partial charge in [0.15, 0.2) is 11.6 Å². The Balaban J connectivity index is 0.000000209. The van der Waals surface area contributed by atoms with Crippen molar-refractivity contribution in [2.45, 2.75) is 149 Å². The molecule has 0 amide bonds. The van der Waals surface area contributed by atoms with Crippen molar-refractivity contribution in [1.29, 1.82) is 10.5 Å². The number of nitriles is 2. The normalized spacial score (nSPS) is 27.3. The average Bonchev–Trinajstić information content (AvgIpc) is 2.03. The molecule has 88 heavy (non-hydrogen) atoms. The van der Waals surface area contributed by atoms with Crippen LogP contribution in [0.5, 0.6) is 11.5 Å². The number of alkyl halides is 4. The number of hydrogen-bond donors (Lipinski definition) is 8. The van der Waals surface area contributed by atoms with Crippen molar-refractivity contribution in [3.63, 3.8) is 0 Å². The Hall–Kier alpha value is -7.42. The Bertz CT molecular complexity index is 3390. The molecular formula is C54H62F4N12O16P2. The molecule has 2 aromatic carbocycles. The number of carbonyl (C=O) groups excluding carboxylic acids is 2. The molecule has 28 nitrogen and oxygen atoms in total. The summed E-state index contributed by atoms with van der Waals surface area (Å²) in [5, 5.41) is 77.0. The van der Waals surface area contributed by atoms with Gasteiger partial charge in [-0.05, 0) is 88.1 Å². The zero-order valence-electron chi connectivity index (χ0n) is 46.9. The van der Waals surface area contributed by atoms with Gasteiger partial charge in [-0.25, -0.2) is 45.7 Å². The number of nitrogens with one attached hydrogen (secondary N) is 2. The van der Waals surface area contributed by atoms with Crippen molar-refractivity contribution in [1.82, 2.24) is 39.4 Å². The molecule has 2 saturated carbocycles. The van der Waals surface area contributed by atoms with Gasteiger partial charge in [-0.2, -0.15) is 30.9 Å². The third-order valence-corrected chi connectivity index (χ3v) is 18.3. The summed E-state index contributed by atoms with van der Waals surface area (Å²) in [6.45, 7) is 0.872. The van der Waals surface area contributed by atoms with Crippen LogP contribution in [0.2, 0.25) is 0 Å². The number of carbonyl (C=O) groups is 2. The number of hydrogen-bond acceptors (Lipinski definition) is 24. The molecule has 2 aliphatic heterocycles. The number of nitrogens with two attached hydrogens (primary N) is 2. The summed E-state index contributed by atoms with van der Waals surface area (Å²) in [5.74, 6) is -6.95. The molecule has 0 unspecified atom stereocenters. The van der Waals surface area contributed by atoms with Gasteiger partial charge < -0.3 is 59.9 Å². The van der Waals surface area contributed by atoms with Crippen molar-refractivity contribution >= 4 is 50.1 Å². The molecule has 10 rings (SSSR count). The van der Waals surface area contributed by atoms with Gasteiger partial charge >= 0.3 is 27.4 Å². The van der Waals surface area contributed by atoms with Gasteiger partial charge in [0.25, 0.3) is 0 Å². The number of rotatable bonds is 20. The largest absolute Gasteiger partial charge is 0.461 e. The van der Waals surface area contributed by atoms with Gasteiger partial charge in [-0.3, -0.25) is 18.6 Å². The maximum Gasteiger partial charge on any atom is 0.459 e. The van der Waals surface area contributed by atoms with E-state index in [2.05, 4.69) is 30.3 Å². The first kappa shape index (κ1) is 65.0. The van der Waals surface area contributed by atoms with E-state index in [1.807, 2.05) is 0 Å². The summed E-state index contributed by atoms with van der Waals surface area (Å²) >= 11 is 0. The van der Waals surface area contributed by atoms with Crippen molar-refractivity contribution in [2.24, 2.45) is 0 Å². The maximum atomic E-state index is 14.0.